The maximum atomic E-state index is 5.85. The molecule has 1 saturated carbocycles. The fraction of sp³-hybridized carbons (Fsp3) is 1.00. The third-order valence-corrected chi connectivity index (χ3v) is 4.82. The monoisotopic (exact) mass is 224 g/mol. The van der Waals surface area contributed by atoms with Gasteiger partial charge in [0.1, 0.15) is 0 Å². The normalized spacial score (nSPS) is 35.4. The minimum absolute atomic E-state index is 0.583. The minimum atomic E-state index is 0.583. The molecule has 2 rings (SSSR count). The molecule has 0 aromatic rings. The fourth-order valence-electron chi connectivity index (χ4n) is 3.34. The summed E-state index contributed by atoms with van der Waals surface area (Å²) in [4.78, 5) is 2.68. The van der Waals surface area contributed by atoms with E-state index >= 15 is 0 Å². The largest absolute Gasteiger partial charge is 0.330 e. The average Bonchev–Trinajstić information content (AvgIpc) is 2.68. The standard InChI is InChI=1S/C14H28N2/c1-14(2)6-8-16(9-7-14)11-13-5-3-4-12(13)10-15/h12-13H,3-11,15H2,1-2H3. The summed E-state index contributed by atoms with van der Waals surface area (Å²) in [6.45, 7) is 9.65. The van der Waals surface area contributed by atoms with Crippen molar-refractivity contribution in [3.63, 3.8) is 0 Å². The Morgan fingerprint density at radius 2 is 1.75 bits per heavy atom. The average molecular weight is 224 g/mol. The van der Waals surface area contributed by atoms with Crippen LogP contribution in [0.4, 0.5) is 0 Å². The summed E-state index contributed by atoms with van der Waals surface area (Å²) in [6, 6.07) is 0. The van der Waals surface area contributed by atoms with E-state index in [1.54, 1.807) is 0 Å². The van der Waals surface area contributed by atoms with Crippen LogP contribution in [0.15, 0.2) is 0 Å². The number of piperidine rings is 1. The van der Waals surface area contributed by atoms with Gasteiger partial charge in [0, 0.05) is 6.54 Å². The van der Waals surface area contributed by atoms with Gasteiger partial charge >= 0.3 is 0 Å². The van der Waals surface area contributed by atoms with Gasteiger partial charge < -0.3 is 10.6 Å². The van der Waals surface area contributed by atoms with Gasteiger partial charge in [-0.15, -0.1) is 0 Å². The van der Waals surface area contributed by atoms with Crippen LogP contribution in [0.3, 0.4) is 0 Å². The topological polar surface area (TPSA) is 29.3 Å². The van der Waals surface area contributed by atoms with Crippen LogP contribution in [-0.2, 0) is 0 Å². The summed E-state index contributed by atoms with van der Waals surface area (Å²) in [7, 11) is 0. The number of rotatable bonds is 3. The van der Waals surface area contributed by atoms with Gasteiger partial charge in [-0.2, -0.15) is 0 Å². The molecule has 2 nitrogen and oxygen atoms in total. The lowest BCUT2D eigenvalue weighted by atomic mass is 9.82. The van der Waals surface area contributed by atoms with Crippen molar-refractivity contribution in [1.82, 2.24) is 4.90 Å². The highest BCUT2D eigenvalue weighted by molar-refractivity contribution is 4.84. The van der Waals surface area contributed by atoms with Gasteiger partial charge in [0.05, 0.1) is 0 Å². The van der Waals surface area contributed by atoms with Crippen molar-refractivity contribution in [2.75, 3.05) is 26.2 Å². The second kappa shape index (κ2) is 5.05. The molecule has 0 radical (unpaired) electrons. The maximum Gasteiger partial charge on any atom is 0.00128 e. The third-order valence-electron chi connectivity index (χ3n) is 4.82. The summed E-state index contributed by atoms with van der Waals surface area (Å²) >= 11 is 0. The van der Waals surface area contributed by atoms with E-state index in [9.17, 15) is 0 Å². The Balaban J connectivity index is 1.78. The zero-order chi connectivity index (χ0) is 11.6. The molecule has 2 unspecified atom stereocenters. The number of likely N-dealkylation sites (tertiary alicyclic amines) is 1. The van der Waals surface area contributed by atoms with Crippen LogP contribution in [0.1, 0.15) is 46.0 Å². The first-order valence-electron chi connectivity index (χ1n) is 7.03. The lowest BCUT2D eigenvalue weighted by Crippen LogP contribution is -2.41. The highest BCUT2D eigenvalue weighted by Gasteiger charge is 2.30. The van der Waals surface area contributed by atoms with Crippen LogP contribution in [0.5, 0.6) is 0 Å². The van der Waals surface area contributed by atoms with E-state index in [0.717, 1.165) is 18.4 Å². The van der Waals surface area contributed by atoms with E-state index in [1.165, 1.54) is 51.7 Å². The van der Waals surface area contributed by atoms with Crippen LogP contribution >= 0.6 is 0 Å². The van der Waals surface area contributed by atoms with Crippen molar-refractivity contribution in [2.24, 2.45) is 23.0 Å². The lowest BCUT2D eigenvalue weighted by molar-refractivity contribution is 0.109. The van der Waals surface area contributed by atoms with Gasteiger partial charge in [-0.1, -0.05) is 20.3 Å². The molecule has 0 bridgehead atoms. The molecule has 0 aromatic heterocycles. The summed E-state index contributed by atoms with van der Waals surface area (Å²) in [5.74, 6) is 1.71. The van der Waals surface area contributed by atoms with E-state index in [4.69, 9.17) is 5.73 Å². The first-order valence-corrected chi connectivity index (χ1v) is 7.03. The predicted octanol–water partition coefficient (Wildman–Crippen LogP) is 2.48. The Kier molecular flexibility index (Phi) is 3.91. The van der Waals surface area contributed by atoms with Crippen LogP contribution in [-0.4, -0.2) is 31.1 Å². The Morgan fingerprint density at radius 3 is 2.38 bits per heavy atom. The molecule has 2 fully saturated rings. The van der Waals surface area contributed by atoms with Crippen molar-refractivity contribution < 1.29 is 0 Å². The Morgan fingerprint density at radius 1 is 1.12 bits per heavy atom. The summed E-state index contributed by atoms with van der Waals surface area (Å²) in [6.07, 6.45) is 6.94. The molecule has 2 atom stereocenters. The van der Waals surface area contributed by atoms with E-state index in [1.807, 2.05) is 0 Å². The highest BCUT2D eigenvalue weighted by Crippen LogP contribution is 2.34. The molecule has 16 heavy (non-hydrogen) atoms. The van der Waals surface area contributed by atoms with E-state index < -0.39 is 0 Å². The molecule has 2 N–H and O–H groups in total. The molecule has 1 aliphatic carbocycles. The van der Waals surface area contributed by atoms with E-state index in [2.05, 4.69) is 18.7 Å². The van der Waals surface area contributed by atoms with Gasteiger partial charge in [-0.05, 0) is 62.6 Å². The first-order chi connectivity index (χ1) is 7.61. The van der Waals surface area contributed by atoms with Gasteiger partial charge in [0.15, 0.2) is 0 Å². The summed E-state index contributed by atoms with van der Waals surface area (Å²) in [5.41, 5.74) is 6.44. The number of nitrogens with zero attached hydrogens (tertiary/aromatic N) is 1. The second-order valence-corrected chi connectivity index (χ2v) is 6.65. The molecule has 0 amide bonds. The zero-order valence-electron chi connectivity index (χ0n) is 11.0. The minimum Gasteiger partial charge on any atom is -0.330 e. The number of hydrogen-bond acceptors (Lipinski definition) is 2. The second-order valence-electron chi connectivity index (χ2n) is 6.65. The molecular weight excluding hydrogens is 196 g/mol. The van der Waals surface area contributed by atoms with Crippen LogP contribution in [0.2, 0.25) is 0 Å². The van der Waals surface area contributed by atoms with Crippen LogP contribution in [0, 0.1) is 17.3 Å². The van der Waals surface area contributed by atoms with Gasteiger partial charge in [0.25, 0.3) is 0 Å². The molecule has 2 aliphatic rings. The van der Waals surface area contributed by atoms with Crippen molar-refractivity contribution in [2.45, 2.75) is 46.0 Å². The smallest absolute Gasteiger partial charge is 0.00128 e. The molecule has 94 valence electrons. The molecule has 2 heteroatoms. The van der Waals surface area contributed by atoms with Crippen molar-refractivity contribution >= 4 is 0 Å². The van der Waals surface area contributed by atoms with E-state index in [0.29, 0.717) is 5.41 Å². The molecule has 1 heterocycles. The molecule has 1 aliphatic heterocycles. The number of nitrogens with two attached hydrogens (primary N) is 1. The van der Waals surface area contributed by atoms with Crippen LogP contribution in [0.25, 0.3) is 0 Å². The summed E-state index contributed by atoms with van der Waals surface area (Å²) in [5, 5.41) is 0. The van der Waals surface area contributed by atoms with Crippen LogP contribution < -0.4 is 5.73 Å². The van der Waals surface area contributed by atoms with Crippen molar-refractivity contribution in [3.8, 4) is 0 Å². The van der Waals surface area contributed by atoms with Gasteiger partial charge in [-0.3, -0.25) is 0 Å². The Labute approximate surface area is 101 Å². The van der Waals surface area contributed by atoms with Crippen molar-refractivity contribution in [3.05, 3.63) is 0 Å². The van der Waals surface area contributed by atoms with E-state index in [-0.39, 0.29) is 0 Å². The summed E-state index contributed by atoms with van der Waals surface area (Å²) < 4.78 is 0. The third kappa shape index (κ3) is 2.98. The fourth-order valence-corrected chi connectivity index (χ4v) is 3.34. The van der Waals surface area contributed by atoms with Gasteiger partial charge in [-0.25, -0.2) is 0 Å². The molecule has 0 aromatic carbocycles. The molecular formula is C14H28N2. The zero-order valence-corrected chi connectivity index (χ0v) is 11.0. The Bertz CT molecular complexity index is 215. The molecule has 1 saturated heterocycles. The SMILES string of the molecule is CC1(C)CCN(CC2CCCC2CN)CC1. The predicted molar refractivity (Wildman–Crippen MR) is 69.3 cm³/mol. The maximum absolute atomic E-state index is 5.85. The lowest BCUT2D eigenvalue weighted by Gasteiger charge is -2.38. The Hall–Kier alpha value is -0.0800. The first kappa shape index (κ1) is 12.4. The quantitative estimate of drug-likeness (QED) is 0.798. The number of hydrogen-bond donors (Lipinski definition) is 1. The molecule has 0 spiro atoms. The van der Waals surface area contributed by atoms with Crippen molar-refractivity contribution in [1.29, 1.82) is 0 Å². The highest BCUT2D eigenvalue weighted by atomic mass is 15.1. The van der Waals surface area contributed by atoms with Gasteiger partial charge in [0.2, 0.25) is 0 Å².